The Balaban J connectivity index is 2.16. The maximum absolute atomic E-state index is 11.5. The summed E-state index contributed by atoms with van der Waals surface area (Å²) in [5.74, 6) is 0.0927. The third kappa shape index (κ3) is 3.21. The first-order valence-corrected chi connectivity index (χ1v) is 6.25. The lowest BCUT2D eigenvalue weighted by atomic mass is 10.3. The van der Waals surface area contributed by atoms with Gasteiger partial charge in [0.25, 0.3) is 6.01 Å². The van der Waals surface area contributed by atoms with E-state index in [2.05, 4.69) is 10.3 Å². The summed E-state index contributed by atoms with van der Waals surface area (Å²) in [6, 6.07) is 5.24. The summed E-state index contributed by atoms with van der Waals surface area (Å²) < 4.78 is 15.1. The monoisotopic (exact) mass is 296 g/mol. The quantitative estimate of drug-likeness (QED) is 0.854. The van der Waals surface area contributed by atoms with E-state index in [4.69, 9.17) is 25.5 Å². The van der Waals surface area contributed by atoms with E-state index < -0.39 is 5.97 Å². The fraction of sp³-hybridized carbons (Fsp3) is 0.231. The van der Waals surface area contributed by atoms with E-state index in [1.54, 1.807) is 32.2 Å². The van der Waals surface area contributed by atoms with Gasteiger partial charge in [0.2, 0.25) is 0 Å². The van der Waals surface area contributed by atoms with E-state index in [1.807, 2.05) is 0 Å². The SMILES string of the molecule is CCOC(=O)c1coc(Nc2cc(OC)ccc2Cl)n1. The number of methoxy groups -OCH3 is 1. The molecule has 2 aromatic rings. The summed E-state index contributed by atoms with van der Waals surface area (Å²) in [4.78, 5) is 15.4. The van der Waals surface area contributed by atoms with Crippen LogP contribution in [0.1, 0.15) is 17.4 Å². The zero-order valence-corrected chi connectivity index (χ0v) is 11.7. The molecule has 2 rings (SSSR count). The van der Waals surface area contributed by atoms with E-state index in [9.17, 15) is 4.79 Å². The Bertz CT molecular complexity index is 612. The Kier molecular flexibility index (Phi) is 4.47. The van der Waals surface area contributed by atoms with Crippen molar-refractivity contribution in [1.29, 1.82) is 0 Å². The smallest absolute Gasteiger partial charge is 0.360 e. The van der Waals surface area contributed by atoms with Crippen LogP contribution in [0.3, 0.4) is 0 Å². The van der Waals surface area contributed by atoms with Gasteiger partial charge in [-0.05, 0) is 19.1 Å². The molecule has 0 amide bonds. The molecule has 0 atom stereocenters. The van der Waals surface area contributed by atoms with Crippen LogP contribution in [-0.2, 0) is 4.74 Å². The normalized spacial score (nSPS) is 10.2. The number of anilines is 2. The van der Waals surface area contributed by atoms with Crippen molar-refractivity contribution in [3.05, 3.63) is 35.2 Å². The Labute approximate surface area is 120 Å². The van der Waals surface area contributed by atoms with Crippen LogP contribution >= 0.6 is 11.6 Å². The second-order valence-electron chi connectivity index (χ2n) is 3.73. The number of hydrogen-bond acceptors (Lipinski definition) is 6. The summed E-state index contributed by atoms with van der Waals surface area (Å²) >= 11 is 6.04. The minimum Gasteiger partial charge on any atom is -0.497 e. The van der Waals surface area contributed by atoms with Gasteiger partial charge in [-0.1, -0.05) is 11.6 Å². The molecule has 0 unspecified atom stereocenters. The number of nitrogens with one attached hydrogen (secondary N) is 1. The number of ether oxygens (including phenoxy) is 2. The van der Waals surface area contributed by atoms with Gasteiger partial charge in [0.1, 0.15) is 12.0 Å². The molecule has 1 aromatic heterocycles. The lowest BCUT2D eigenvalue weighted by Gasteiger charge is -2.06. The lowest BCUT2D eigenvalue weighted by molar-refractivity contribution is 0.0519. The Morgan fingerprint density at radius 1 is 1.50 bits per heavy atom. The Morgan fingerprint density at radius 3 is 3.00 bits per heavy atom. The first-order chi connectivity index (χ1) is 9.63. The molecule has 0 aliphatic rings. The zero-order valence-electron chi connectivity index (χ0n) is 11.0. The first-order valence-electron chi connectivity index (χ1n) is 5.87. The number of carbonyl (C=O) groups is 1. The van der Waals surface area contributed by atoms with Crippen molar-refractivity contribution in [2.45, 2.75) is 6.92 Å². The van der Waals surface area contributed by atoms with Gasteiger partial charge >= 0.3 is 5.97 Å². The molecule has 20 heavy (non-hydrogen) atoms. The minimum atomic E-state index is -0.541. The molecule has 1 N–H and O–H groups in total. The highest BCUT2D eigenvalue weighted by molar-refractivity contribution is 6.33. The zero-order chi connectivity index (χ0) is 14.5. The van der Waals surface area contributed by atoms with Crippen LogP contribution in [0.4, 0.5) is 11.7 Å². The van der Waals surface area contributed by atoms with Gasteiger partial charge in [-0.2, -0.15) is 4.98 Å². The highest BCUT2D eigenvalue weighted by Crippen LogP contribution is 2.29. The Hall–Kier alpha value is -2.21. The van der Waals surface area contributed by atoms with Crippen molar-refractivity contribution in [1.82, 2.24) is 4.98 Å². The number of rotatable bonds is 5. The van der Waals surface area contributed by atoms with Crippen LogP contribution in [0, 0.1) is 0 Å². The van der Waals surface area contributed by atoms with E-state index in [0.29, 0.717) is 16.5 Å². The van der Waals surface area contributed by atoms with E-state index >= 15 is 0 Å². The van der Waals surface area contributed by atoms with Gasteiger partial charge in [-0.15, -0.1) is 0 Å². The number of benzene rings is 1. The van der Waals surface area contributed by atoms with Crippen molar-refractivity contribution in [2.24, 2.45) is 0 Å². The molecular weight excluding hydrogens is 284 g/mol. The summed E-state index contributed by atoms with van der Waals surface area (Å²) in [7, 11) is 1.55. The van der Waals surface area contributed by atoms with Gasteiger partial charge in [-0.25, -0.2) is 4.79 Å². The largest absolute Gasteiger partial charge is 0.497 e. The second-order valence-corrected chi connectivity index (χ2v) is 4.14. The summed E-state index contributed by atoms with van der Waals surface area (Å²) in [6.07, 6.45) is 1.22. The molecule has 0 aliphatic carbocycles. The molecule has 0 saturated heterocycles. The molecule has 0 aliphatic heterocycles. The molecule has 1 aromatic carbocycles. The molecule has 0 saturated carbocycles. The predicted octanol–water partition coefficient (Wildman–Crippen LogP) is 3.26. The number of carbonyl (C=O) groups excluding carboxylic acids is 1. The molecule has 1 heterocycles. The van der Waals surface area contributed by atoms with Gasteiger partial charge in [0.05, 0.1) is 24.4 Å². The van der Waals surface area contributed by atoms with Crippen molar-refractivity contribution in [2.75, 3.05) is 19.0 Å². The molecule has 6 nitrogen and oxygen atoms in total. The van der Waals surface area contributed by atoms with Crippen LogP contribution in [0.2, 0.25) is 5.02 Å². The van der Waals surface area contributed by atoms with Gasteiger partial charge in [0.15, 0.2) is 5.69 Å². The predicted molar refractivity (Wildman–Crippen MR) is 73.7 cm³/mol. The van der Waals surface area contributed by atoms with E-state index in [0.717, 1.165) is 0 Å². The average Bonchev–Trinajstić information content (AvgIpc) is 2.90. The minimum absolute atomic E-state index is 0.0911. The number of aromatic nitrogens is 1. The fourth-order valence-electron chi connectivity index (χ4n) is 1.47. The summed E-state index contributed by atoms with van der Waals surface area (Å²) in [5.41, 5.74) is 0.650. The topological polar surface area (TPSA) is 73.6 Å². The molecule has 0 bridgehead atoms. The van der Waals surface area contributed by atoms with Crippen molar-refractivity contribution < 1.29 is 18.7 Å². The van der Waals surface area contributed by atoms with Crippen LogP contribution in [-0.4, -0.2) is 24.7 Å². The third-order valence-corrected chi connectivity index (χ3v) is 2.73. The highest BCUT2D eigenvalue weighted by Gasteiger charge is 2.14. The van der Waals surface area contributed by atoms with Gasteiger partial charge in [0, 0.05) is 6.07 Å². The summed E-state index contributed by atoms with van der Waals surface area (Å²) in [6.45, 7) is 1.99. The average molecular weight is 297 g/mol. The van der Waals surface area contributed by atoms with Gasteiger partial charge in [-0.3, -0.25) is 0 Å². The van der Waals surface area contributed by atoms with Crippen LogP contribution in [0.15, 0.2) is 28.9 Å². The van der Waals surface area contributed by atoms with E-state index in [1.165, 1.54) is 6.26 Å². The Morgan fingerprint density at radius 2 is 2.30 bits per heavy atom. The number of nitrogens with zero attached hydrogens (tertiary/aromatic N) is 1. The fourth-order valence-corrected chi connectivity index (χ4v) is 1.64. The number of halogens is 1. The maximum atomic E-state index is 11.5. The molecule has 0 fully saturated rings. The number of oxazole rings is 1. The maximum Gasteiger partial charge on any atom is 0.360 e. The number of hydrogen-bond donors (Lipinski definition) is 1. The molecule has 106 valence electrons. The first kappa shape index (κ1) is 14.2. The van der Waals surface area contributed by atoms with Crippen LogP contribution in [0.5, 0.6) is 5.75 Å². The van der Waals surface area contributed by atoms with Crippen LogP contribution < -0.4 is 10.1 Å². The van der Waals surface area contributed by atoms with Crippen molar-refractivity contribution >= 4 is 29.3 Å². The highest BCUT2D eigenvalue weighted by atomic mass is 35.5. The standard InChI is InChI=1S/C13H13ClN2O4/c1-3-19-12(17)11-7-20-13(16-11)15-10-6-8(18-2)4-5-9(10)14/h4-7H,3H2,1-2H3,(H,15,16). The lowest BCUT2D eigenvalue weighted by Crippen LogP contribution is -2.05. The number of esters is 1. The van der Waals surface area contributed by atoms with Crippen LogP contribution in [0.25, 0.3) is 0 Å². The molecule has 0 radical (unpaired) electrons. The van der Waals surface area contributed by atoms with Crippen molar-refractivity contribution in [3.8, 4) is 5.75 Å². The second kappa shape index (κ2) is 6.29. The van der Waals surface area contributed by atoms with Crippen molar-refractivity contribution in [3.63, 3.8) is 0 Å². The van der Waals surface area contributed by atoms with Gasteiger partial charge < -0.3 is 19.2 Å². The third-order valence-electron chi connectivity index (χ3n) is 2.40. The van der Waals surface area contributed by atoms with E-state index in [-0.39, 0.29) is 18.3 Å². The molecule has 0 spiro atoms. The molecule has 7 heteroatoms. The molecular formula is C13H13ClN2O4. The summed E-state index contributed by atoms with van der Waals surface area (Å²) in [5, 5.41) is 3.34.